The van der Waals surface area contributed by atoms with Crippen molar-refractivity contribution in [2.45, 2.75) is 32.0 Å². The number of nitrogens with zero attached hydrogens (tertiary/aromatic N) is 2. The lowest BCUT2D eigenvalue weighted by Crippen LogP contribution is -2.58. The van der Waals surface area contributed by atoms with Crippen molar-refractivity contribution < 1.29 is 4.74 Å². The normalized spacial score (nSPS) is 27.1. The number of methoxy groups -OCH3 is 1. The molecule has 98 valence electrons. The first-order valence-electron chi connectivity index (χ1n) is 6.85. The number of benzene rings is 1. The van der Waals surface area contributed by atoms with Gasteiger partial charge in [-0.1, -0.05) is 18.2 Å². The summed E-state index contributed by atoms with van der Waals surface area (Å²) in [5.74, 6) is 0. The van der Waals surface area contributed by atoms with Crippen LogP contribution in [0.2, 0.25) is 0 Å². The van der Waals surface area contributed by atoms with Gasteiger partial charge in [0.25, 0.3) is 0 Å². The Morgan fingerprint density at radius 2 is 2.17 bits per heavy atom. The van der Waals surface area contributed by atoms with E-state index in [1.807, 2.05) is 0 Å². The number of anilines is 1. The van der Waals surface area contributed by atoms with Crippen LogP contribution in [0.1, 0.15) is 25.3 Å². The van der Waals surface area contributed by atoms with E-state index in [0.29, 0.717) is 0 Å². The lowest BCUT2D eigenvalue weighted by atomic mass is 9.99. The Bertz CT molecular complexity index is 434. The Morgan fingerprint density at radius 3 is 3.00 bits per heavy atom. The minimum absolute atomic E-state index is 0.187. The van der Waals surface area contributed by atoms with Gasteiger partial charge in [-0.25, -0.2) is 0 Å². The van der Waals surface area contributed by atoms with Crippen LogP contribution in [0.5, 0.6) is 0 Å². The van der Waals surface area contributed by atoms with E-state index in [1.165, 1.54) is 30.6 Å². The summed E-state index contributed by atoms with van der Waals surface area (Å²) >= 11 is 0. The topological polar surface area (TPSA) is 15.7 Å². The molecule has 2 aliphatic rings. The molecule has 1 aromatic carbocycles. The van der Waals surface area contributed by atoms with Gasteiger partial charge < -0.3 is 9.64 Å². The van der Waals surface area contributed by atoms with E-state index in [0.717, 1.165) is 19.7 Å². The second-order valence-electron chi connectivity index (χ2n) is 5.52. The molecule has 2 heterocycles. The van der Waals surface area contributed by atoms with Crippen molar-refractivity contribution in [1.82, 2.24) is 4.90 Å². The molecule has 0 radical (unpaired) electrons. The van der Waals surface area contributed by atoms with Crippen molar-refractivity contribution in [2.24, 2.45) is 0 Å². The summed E-state index contributed by atoms with van der Waals surface area (Å²) in [6, 6.07) is 8.83. The predicted octanol–water partition coefficient (Wildman–Crippen LogP) is 2.47. The van der Waals surface area contributed by atoms with Gasteiger partial charge in [-0.3, -0.25) is 4.90 Å². The molecule has 0 amide bonds. The molecule has 3 nitrogen and oxygen atoms in total. The summed E-state index contributed by atoms with van der Waals surface area (Å²) in [5, 5.41) is 0. The Hall–Kier alpha value is -1.06. The van der Waals surface area contributed by atoms with Gasteiger partial charge in [-0.05, 0) is 31.4 Å². The minimum Gasteiger partial charge on any atom is -0.383 e. The smallest absolute Gasteiger partial charge is 0.0908 e. The molecule has 3 heteroatoms. The van der Waals surface area contributed by atoms with Gasteiger partial charge in [0.1, 0.15) is 0 Å². The molecule has 0 spiro atoms. The van der Waals surface area contributed by atoms with Gasteiger partial charge >= 0.3 is 0 Å². The molecule has 1 fully saturated rings. The summed E-state index contributed by atoms with van der Waals surface area (Å²) in [6.07, 6.45) is 2.54. The van der Waals surface area contributed by atoms with Crippen molar-refractivity contribution in [1.29, 1.82) is 0 Å². The van der Waals surface area contributed by atoms with Crippen LogP contribution in [0, 0.1) is 0 Å². The molecule has 0 bridgehead atoms. The molecule has 1 unspecified atom stereocenters. The van der Waals surface area contributed by atoms with Crippen LogP contribution in [0.15, 0.2) is 24.3 Å². The highest BCUT2D eigenvalue weighted by atomic mass is 16.5. The fourth-order valence-corrected chi connectivity index (χ4v) is 3.46. The van der Waals surface area contributed by atoms with Crippen LogP contribution in [-0.2, 0) is 11.3 Å². The molecule has 0 aliphatic carbocycles. The average Bonchev–Trinajstić information content (AvgIpc) is 2.79. The Kier molecular flexibility index (Phi) is 3.04. The molecular formula is C15H22N2O. The third kappa shape index (κ3) is 1.73. The number of ether oxygens (including phenoxy) is 1. The first kappa shape index (κ1) is 12.0. The molecule has 2 aliphatic heterocycles. The average molecular weight is 246 g/mol. The van der Waals surface area contributed by atoms with E-state index in [4.69, 9.17) is 4.74 Å². The van der Waals surface area contributed by atoms with E-state index < -0.39 is 0 Å². The van der Waals surface area contributed by atoms with Gasteiger partial charge in [0.2, 0.25) is 0 Å². The second-order valence-corrected chi connectivity index (χ2v) is 5.52. The summed E-state index contributed by atoms with van der Waals surface area (Å²) in [4.78, 5) is 5.16. The SMILES string of the molecule is COCCN1Cc2ccccc2N2CCCC12C. The predicted molar refractivity (Wildman–Crippen MR) is 73.7 cm³/mol. The van der Waals surface area contributed by atoms with Crippen molar-refractivity contribution in [3.8, 4) is 0 Å². The van der Waals surface area contributed by atoms with Crippen molar-refractivity contribution in [3.05, 3.63) is 29.8 Å². The van der Waals surface area contributed by atoms with E-state index in [1.54, 1.807) is 7.11 Å². The second kappa shape index (κ2) is 4.56. The standard InChI is InChI=1S/C15H22N2O/c1-15-8-5-9-17(15)14-7-4-3-6-13(14)12-16(15)10-11-18-2/h3-4,6-7H,5,8-12H2,1-2H3. The number of para-hydroxylation sites is 1. The number of rotatable bonds is 3. The van der Waals surface area contributed by atoms with Gasteiger partial charge in [0.05, 0.1) is 12.3 Å². The highest BCUT2D eigenvalue weighted by Crippen LogP contribution is 2.42. The van der Waals surface area contributed by atoms with Gasteiger partial charge in [-0.2, -0.15) is 0 Å². The van der Waals surface area contributed by atoms with Crippen LogP contribution in [-0.4, -0.2) is 37.4 Å². The third-order valence-electron chi connectivity index (χ3n) is 4.50. The van der Waals surface area contributed by atoms with Gasteiger partial charge in [0, 0.05) is 32.4 Å². The summed E-state index contributed by atoms with van der Waals surface area (Å²) in [6.45, 7) is 6.43. The molecule has 0 saturated carbocycles. The number of hydrogen-bond acceptors (Lipinski definition) is 3. The molecule has 1 saturated heterocycles. The lowest BCUT2D eigenvalue weighted by molar-refractivity contribution is 0.0581. The highest BCUT2D eigenvalue weighted by molar-refractivity contribution is 5.58. The summed E-state index contributed by atoms with van der Waals surface area (Å²) < 4.78 is 5.27. The largest absolute Gasteiger partial charge is 0.383 e. The van der Waals surface area contributed by atoms with Crippen molar-refractivity contribution >= 4 is 5.69 Å². The molecular weight excluding hydrogens is 224 g/mol. The molecule has 3 rings (SSSR count). The zero-order valence-electron chi connectivity index (χ0n) is 11.4. The van der Waals surface area contributed by atoms with Crippen molar-refractivity contribution in [2.75, 3.05) is 31.7 Å². The summed E-state index contributed by atoms with van der Waals surface area (Å²) in [7, 11) is 1.78. The maximum atomic E-state index is 5.27. The fraction of sp³-hybridized carbons (Fsp3) is 0.600. The zero-order valence-corrected chi connectivity index (χ0v) is 11.4. The van der Waals surface area contributed by atoms with E-state index in [2.05, 4.69) is 41.0 Å². The van der Waals surface area contributed by atoms with Gasteiger partial charge in [-0.15, -0.1) is 0 Å². The first-order chi connectivity index (χ1) is 8.75. The van der Waals surface area contributed by atoms with Crippen LogP contribution in [0.25, 0.3) is 0 Å². The molecule has 0 aromatic heterocycles. The third-order valence-corrected chi connectivity index (χ3v) is 4.50. The fourth-order valence-electron chi connectivity index (χ4n) is 3.46. The first-order valence-corrected chi connectivity index (χ1v) is 6.85. The molecule has 1 aromatic rings. The molecule has 0 N–H and O–H groups in total. The number of hydrogen-bond donors (Lipinski definition) is 0. The van der Waals surface area contributed by atoms with E-state index >= 15 is 0 Å². The van der Waals surface area contributed by atoms with Crippen LogP contribution in [0.4, 0.5) is 5.69 Å². The van der Waals surface area contributed by atoms with Crippen molar-refractivity contribution in [3.63, 3.8) is 0 Å². The Labute approximate surface area is 109 Å². The molecule has 1 atom stereocenters. The number of fused-ring (bicyclic) bond motifs is 3. The van der Waals surface area contributed by atoms with E-state index in [-0.39, 0.29) is 5.66 Å². The van der Waals surface area contributed by atoms with Gasteiger partial charge in [0.15, 0.2) is 0 Å². The Morgan fingerprint density at radius 1 is 1.33 bits per heavy atom. The van der Waals surface area contributed by atoms with Crippen LogP contribution in [0.3, 0.4) is 0 Å². The highest BCUT2D eigenvalue weighted by Gasteiger charge is 2.45. The maximum Gasteiger partial charge on any atom is 0.0908 e. The Balaban J connectivity index is 1.95. The van der Waals surface area contributed by atoms with Crippen LogP contribution < -0.4 is 4.90 Å². The summed E-state index contributed by atoms with van der Waals surface area (Å²) in [5.41, 5.74) is 3.08. The monoisotopic (exact) mass is 246 g/mol. The lowest BCUT2D eigenvalue weighted by Gasteiger charge is -2.50. The quantitative estimate of drug-likeness (QED) is 0.815. The minimum atomic E-state index is 0.187. The van der Waals surface area contributed by atoms with Crippen LogP contribution >= 0.6 is 0 Å². The maximum absolute atomic E-state index is 5.27. The molecule has 18 heavy (non-hydrogen) atoms. The zero-order chi connectivity index (χ0) is 12.6. The van der Waals surface area contributed by atoms with E-state index in [9.17, 15) is 0 Å².